The van der Waals surface area contributed by atoms with Crippen molar-refractivity contribution in [1.82, 2.24) is 20.3 Å². The van der Waals surface area contributed by atoms with Crippen molar-refractivity contribution in [1.29, 1.82) is 0 Å². The van der Waals surface area contributed by atoms with Crippen molar-refractivity contribution in [2.24, 2.45) is 5.41 Å². The van der Waals surface area contributed by atoms with Gasteiger partial charge in [-0.15, -0.1) is 0 Å². The fourth-order valence-corrected chi connectivity index (χ4v) is 2.53. The van der Waals surface area contributed by atoms with Gasteiger partial charge in [0, 0.05) is 25.5 Å². The third-order valence-electron chi connectivity index (χ3n) is 3.71. The van der Waals surface area contributed by atoms with Crippen LogP contribution in [-0.4, -0.2) is 34.6 Å². The number of anilines is 1. The van der Waals surface area contributed by atoms with Gasteiger partial charge >= 0.3 is 0 Å². The van der Waals surface area contributed by atoms with Crippen LogP contribution in [-0.2, 0) is 0 Å². The molecular formula is C14H19N5. The van der Waals surface area contributed by atoms with Crippen LogP contribution in [0.25, 0.3) is 11.2 Å². The fourth-order valence-electron chi connectivity index (χ4n) is 2.53. The minimum atomic E-state index is 0.303. The molecule has 1 aliphatic rings. The summed E-state index contributed by atoms with van der Waals surface area (Å²) in [5.41, 5.74) is 1.83. The van der Waals surface area contributed by atoms with Gasteiger partial charge in [-0.3, -0.25) is 4.98 Å². The molecule has 0 bridgehead atoms. The average molecular weight is 257 g/mol. The highest BCUT2D eigenvalue weighted by molar-refractivity contribution is 5.71. The van der Waals surface area contributed by atoms with Crippen LogP contribution in [0, 0.1) is 5.41 Å². The summed E-state index contributed by atoms with van der Waals surface area (Å²) in [6.45, 7) is 5.44. The lowest BCUT2D eigenvalue weighted by molar-refractivity contribution is 0.253. The van der Waals surface area contributed by atoms with Crippen LogP contribution in [0.2, 0.25) is 0 Å². The van der Waals surface area contributed by atoms with E-state index >= 15 is 0 Å². The quantitative estimate of drug-likeness (QED) is 0.878. The highest BCUT2D eigenvalue weighted by Gasteiger charge is 2.26. The predicted octanol–water partition coefficient (Wildman–Crippen LogP) is 1.83. The first-order chi connectivity index (χ1) is 9.25. The van der Waals surface area contributed by atoms with E-state index < -0.39 is 0 Å². The number of fused-ring (bicyclic) bond motifs is 1. The van der Waals surface area contributed by atoms with Crippen molar-refractivity contribution in [3.8, 4) is 0 Å². The maximum atomic E-state index is 4.49. The Bertz CT molecular complexity index is 563. The van der Waals surface area contributed by atoms with Gasteiger partial charge in [0.15, 0.2) is 5.65 Å². The minimum absolute atomic E-state index is 0.303. The van der Waals surface area contributed by atoms with Crippen molar-refractivity contribution in [3.05, 3.63) is 24.5 Å². The standard InChI is InChI=1S/C14H19N5/c1-14(5-2-6-15-9-14)10-18-12-4-3-11-13(19-12)17-8-7-16-11/h3-4,7-8,15H,2,5-6,9-10H2,1H3,(H,17,18,19). The van der Waals surface area contributed by atoms with Gasteiger partial charge in [-0.2, -0.15) is 0 Å². The number of pyridine rings is 1. The summed E-state index contributed by atoms with van der Waals surface area (Å²) in [7, 11) is 0. The van der Waals surface area contributed by atoms with Crippen LogP contribution >= 0.6 is 0 Å². The summed E-state index contributed by atoms with van der Waals surface area (Å²) in [6, 6.07) is 3.93. The Balaban J connectivity index is 1.71. The molecule has 0 aliphatic carbocycles. The Morgan fingerprint density at radius 3 is 3.05 bits per heavy atom. The summed E-state index contributed by atoms with van der Waals surface area (Å²) >= 11 is 0. The number of hydrogen-bond acceptors (Lipinski definition) is 5. The molecule has 0 saturated carbocycles. The Morgan fingerprint density at radius 1 is 1.32 bits per heavy atom. The number of piperidine rings is 1. The molecule has 3 heterocycles. The van der Waals surface area contributed by atoms with Gasteiger partial charge in [-0.1, -0.05) is 6.92 Å². The largest absolute Gasteiger partial charge is 0.369 e. The predicted molar refractivity (Wildman–Crippen MR) is 76.0 cm³/mol. The van der Waals surface area contributed by atoms with E-state index in [-0.39, 0.29) is 0 Å². The fraction of sp³-hybridized carbons (Fsp3) is 0.500. The molecule has 1 fully saturated rings. The van der Waals surface area contributed by atoms with Crippen LogP contribution in [0.3, 0.4) is 0 Å². The second kappa shape index (κ2) is 5.09. The van der Waals surface area contributed by atoms with Crippen LogP contribution in [0.1, 0.15) is 19.8 Å². The lowest BCUT2D eigenvalue weighted by Gasteiger charge is -2.34. The topological polar surface area (TPSA) is 62.7 Å². The number of nitrogens with zero attached hydrogens (tertiary/aromatic N) is 3. The first-order valence-corrected chi connectivity index (χ1v) is 6.78. The van der Waals surface area contributed by atoms with E-state index in [4.69, 9.17) is 0 Å². The van der Waals surface area contributed by atoms with Gasteiger partial charge in [0.1, 0.15) is 11.3 Å². The molecule has 19 heavy (non-hydrogen) atoms. The van der Waals surface area contributed by atoms with Crippen molar-refractivity contribution in [3.63, 3.8) is 0 Å². The third kappa shape index (κ3) is 2.81. The van der Waals surface area contributed by atoms with Gasteiger partial charge in [0.25, 0.3) is 0 Å². The normalized spacial score (nSPS) is 23.4. The SMILES string of the molecule is CC1(CNc2ccc3nccnc3n2)CCCNC1. The molecule has 5 nitrogen and oxygen atoms in total. The molecule has 1 atom stereocenters. The van der Waals surface area contributed by atoms with E-state index in [1.165, 1.54) is 12.8 Å². The van der Waals surface area contributed by atoms with Crippen molar-refractivity contribution in [2.75, 3.05) is 25.0 Å². The van der Waals surface area contributed by atoms with Gasteiger partial charge in [-0.25, -0.2) is 9.97 Å². The number of hydrogen-bond donors (Lipinski definition) is 2. The third-order valence-corrected chi connectivity index (χ3v) is 3.71. The molecule has 5 heteroatoms. The lowest BCUT2D eigenvalue weighted by Crippen LogP contribution is -2.42. The maximum Gasteiger partial charge on any atom is 0.180 e. The second-order valence-electron chi connectivity index (χ2n) is 5.54. The molecule has 1 saturated heterocycles. The zero-order valence-electron chi connectivity index (χ0n) is 11.2. The molecule has 0 aromatic carbocycles. The summed E-state index contributed by atoms with van der Waals surface area (Å²) in [5.74, 6) is 0.875. The highest BCUT2D eigenvalue weighted by atomic mass is 15.0. The smallest absolute Gasteiger partial charge is 0.180 e. The lowest BCUT2D eigenvalue weighted by atomic mass is 9.83. The Hall–Kier alpha value is -1.75. The summed E-state index contributed by atoms with van der Waals surface area (Å²) in [4.78, 5) is 12.9. The summed E-state index contributed by atoms with van der Waals surface area (Å²) < 4.78 is 0. The van der Waals surface area contributed by atoms with E-state index in [0.29, 0.717) is 11.1 Å². The van der Waals surface area contributed by atoms with Crippen molar-refractivity contribution < 1.29 is 0 Å². The molecule has 1 aliphatic heterocycles. The monoisotopic (exact) mass is 257 g/mol. The molecule has 3 rings (SSSR count). The first-order valence-electron chi connectivity index (χ1n) is 6.78. The molecular weight excluding hydrogens is 238 g/mol. The summed E-state index contributed by atoms with van der Waals surface area (Å²) in [6.07, 6.45) is 5.85. The molecule has 1 unspecified atom stereocenters. The molecule has 0 spiro atoms. The van der Waals surface area contributed by atoms with Gasteiger partial charge < -0.3 is 10.6 Å². The number of nitrogens with one attached hydrogen (secondary N) is 2. The molecule has 2 aromatic rings. The van der Waals surface area contributed by atoms with Gasteiger partial charge in [0.05, 0.1) is 0 Å². The van der Waals surface area contributed by atoms with Gasteiger partial charge in [0.2, 0.25) is 0 Å². The van der Waals surface area contributed by atoms with Crippen molar-refractivity contribution in [2.45, 2.75) is 19.8 Å². The number of aromatic nitrogens is 3. The molecule has 2 N–H and O–H groups in total. The molecule has 2 aromatic heterocycles. The Morgan fingerprint density at radius 2 is 2.21 bits per heavy atom. The maximum absolute atomic E-state index is 4.49. The zero-order valence-corrected chi connectivity index (χ0v) is 11.2. The van der Waals surface area contributed by atoms with E-state index in [2.05, 4.69) is 32.5 Å². The Kier molecular flexibility index (Phi) is 3.29. The van der Waals surface area contributed by atoms with E-state index in [0.717, 1.165) is 31.0 Å². The second-order valence-corrected chi connectivity index (χ2v) is 5.54. The zero-order chi connectivity index (χ0) is 13.1. The van der Waals surface area contributed by atoms with Gasteiger partial charge in [-0.05, 0) is 36.9 Å². The number of rotatable bonds is 3. The average Bonchev–Trinajstić information content (AvgIpc) is 2.46. The molecule has 0 amide bonds. The minimum Gasteiger partial charge on any atom is -0.369 e. The van der Waals surface area contributed by atoms with Crippen LogP contribution in [0.5, 0.6) is 0 Å². The van der Waals surface area contributed by atoms with E-state index in [9.17, 15) is 0 Å². The Labute approximate surface area is 112 Å². The van der Waals surface area contributed by atoms with Crippen LogP contribution in [0.4, 0.5) is 5.82 Å². The van der Waals surface area contributed by atoms with Crippen molar-refractivity contribution >= 4 is 17.0 Å². The molecule has 0 radical (unpaired) electrons. The first kappa shape index (κ1) is 12.3. The van der Waals surface area contributed by atoms with Crippen LogP contribution in [0.15, 0.2) is 24.5 Å². The summed E-state index contributed by atoms with van der Waals surface area (Å²) in [5, 5.41) is 6.89. The highest BCUT2D eigenvalue weighted by Crippen LogP contribution is 2.25. The van der Waals surface area contributed by atoms with E-state index in [1.807, 2.05) is 12.1 Å². The van der Waals surface area contributed by atoms with E-state index in [1.54, 1.807) is 12.4 Å². The molecule has 100 valence electrons. The van der Waals surface area contributed by atoms with Crippen LogP contribution < -0.4 is 10.6 Å².